The summed E-state index contributed by atoms with van der Waals surface area (Å²) in [6, 6.07) is 12.6. The van der Waals surface area contributed by atoms with E-state index in [9.17, 15) is 22.8 Å². The minimum absolute atomic E-state index is 0.00700. The number of benzene rings is 2. The number of hydrogen-bond donors (Lipinski definition) is 6. The third kappa shape index (κ3) is 20.3. The molecule has 1 atom stereocenters. The highest BCUT2D eigenvalue weighted by molar-refractivity contribution is 5.89. The van der Waals surface area contributed by atoms with E-state index in [0.29, 0.717) is 18.7 Å². The molecule has 50 heavy (non-hydrogen) atoms. The summed E-state index contributed by atoms with van der Waals surface area (Å²) in [7, 11) is 0. The van der Waals surface area contributed by atoms with Gasteiger partial charge in [0.1, 0.15) is 11.9 Å². The summed E-state index contributed by atoms with van der Waals surface area (Å²) in [5, 5.41) is 24.1. The van der Waals surface area contributed by atoms with E-state index in [0.717, 1.165) is 61.5 Å². The average Bonchev–Trinajstić information content (AvgIpc) is 3.07. The van der Waals surface area contributed by atoms with Crippen LogP contribution in [0, 0.1) is 17.9 Å². The molecule has 0 spiro atoms. The Morgan fingerprint density at radius 3 is 2.08 bits per heavy atom. The predicted octanol–water partition coefficient (Wildman–Crippen LogP) is 7.34. The van der Waals surface area contributed by atoms with Crippen LogP contribution in [0.2, 0.25) is 0 Å². The second-order valence-corrected chi connectivity index (χ2v) is 11.7. The molecule has 0 aliphatic rings. The highest BCUT2D eigenvalue weighted by Crippen LogP contribution is 2.29. The van der Waals surface area contributed by atoms with Crippen molar-refractivity contribution in [1.29, 1.82) is 10.9 Å². The van der Waals surface area contributed by atoms with Gasteiger partial charge >= 0.3 is 6.18 Å². The van der Waals surface area contributed by atoms with Gasteiger partial charge < -0.3 is 21.3 Å². The second-order valence-electron chi connectivity index (χ2n) is 11.7. The third-order valence-electron chi connectivity index (χ3n) is 6.99. The smallest absolute Gasteiger partial charge is 0.379 e. The minimum Gasteiger partial charge on any atom is -0.379 e. The van der Waals surface area contributed by atoms with Crippen molar-refractivity contribution in [2.24, 2.45) is 5.22 Å². The average molecular weight is 705 g/mol. The maximum Gasteiger partial charge on any atom is 0.416 e. The molecule has 6 N–H and O–H groups in total. The summed E-state index contributed by atoms with van der Waals surface area (Å²) < 4.78 is 35.9. The predicted molar refractivity (Wildman–Crippen MR) is 196 cm³/mol. The van der Waals surface area contributed by atoms with Crippen molar-refractivity contribution in [1.82, 2.24) is 26.3 Å². The Kier molecular flexibility index (Phi) is 24.3. The van der Waals surface area contributed by atoms with Crippen molar-refractivity contribution in [3.8, 4) is 0 Å². The zero-order chi connectivity index (χ0) is 38.0. The fourth-order valence-electron chi connectivity index (χ4n) is 4.48. The van der Waals surface area contributed by atoms with Crippen molar-refractivity contribution in [2.75, 3.05) is 32.7 Å². The van der Waals surface area contributed by atoms with Crippen molar-refractivity contribution in [3.63, 3.8) is 0 Å². The highest BCUT2D eigenvalue weighted by atomic mass is 19.4. The molecule has 0 radical (unpaired) electrons. The molecule has 2 aromatic rings. The largest absolute Gasteiger partial charge is 0.416 e. The number of halogens is 3. The first-order chi connectivity index (χ1) is 23.8. The van der Waals surface area contributed by atoms with Crippen molar-refractivity contribution >= 4 is 17.6 Å². The van der Waals surface area contributed by atoms with Gasteiger partial charge in [0, 0.05) is 18.8 Å². The lowest BCUT2D eigenvalue weighted by Crippen LogP contribution is -2.54. The van der Waals surface area contributed by atoms with Crippen LogP contribution in [0.25, 0.3) is 0 Å². The highest BCUT2D eigenvalue weighted by Gasteiger charge is 2.30. The SMILES string of the molecule is C/C=C(/CNCCC)NCC(=O)NC(CN(N=N)C(C)=N)C(=O)NCCCc1ccccc1CCC.CCC.Cc1cccc(C(F)(F)F)c1. The first-order valence-corrected chi connectivity index (χ1v) is 17.3. The number of alkyl halides is 3. The number of aryl methyl sites for hydroxylation is 3. The summed E-state index contributed by atoms with van der Waals surface area (Å²) in [6.07, 6.45) is 3.68. The van der Waals surface area contributed by atoms with Crippen LogP contribution >= 0.6 is 0 Å². The molecule has 2 amide bonds. The number of hydrogen-bond acceptors (Lipinski definition) is 7. The van der Waals surface area contributed by atoms with Gasteiger partial charge in [0.05, 0.1) is 18.7 Å². The summed E-state index contributed by atoms with van der Waals surface area (Å²) in [5.74, 6) is -0.706. The van der Waals surface area contributed by atoms with Crippen LogP contribution in [-0.2, 0) is 28.6 Å². The maximum absolute atomic E-state index is 12.9. The van der Waals surface area contributed by atoms with E-state index < -0.39 is 17.8 Å². The molecule has 0 saturated carbocycles. The molecule has 0 aliphatic carbocycles. The van der Waals surface area contributed by atoms with Gasteiger partial charge in [-0.1, -0.05) is 99.9 Å². The molecule has 13 heteroatoms. The molecule has 2 rings (SSSR count). The van der Waals surface area contributed by atoms with Gasteiger partial charge in [-0.3, -0.25) is 15.0 Å². The summed E-state index contributed by atoms with van der Waals surface area (Å²) >= 11 is 0. The Morgan fingerprint density at radius 2 is 1.58 bits per heavy atom. The molecule has 0 fully saturated rings. The first kappa shape index (κ1) is 45.7. The van der Waals surface area contributed by atoms with E-state index in [1.165, 1.54) is 30.5 Å². The van der Waals surface area contributed by atoms with Crippen LogP contribution in [0.15, 0.2) is 65.5 Å². The summed E-state index contributed by atoms with van der Waals surface area (Å²) in [5.41, 5.74) is 10.9. The van der Waals surface area contributed by atoms with Gasteiger partial charge in [-0.2, -0.15) is 18.7 Å². The van der Waals surface area contributed by atoms with Gasteiger partial charge in [0.15, 0.2) is 0 Å². The van der Waals surface area contributed by atoms with E-state index in [-0.39, 0.29) is 30.7 Å². The molecular formula is C37H59F3N8O2. The molecule has 0 aliphatic heterocycles. The second kappa shape index (κ2) is 26.6. The topological polar surface area (TPSA) is 146 Å². The van der Waals surface area contributed by atoms with Crippen LogP contribution < -0.4 is 21.3 Å². The zero-order valence-electron chi connectivity index (χ0n) is 30.9. The van der Waals surface area contributed by atoms with Crippen LogP contribution in [0.3, 0.4) is 0 Å². The van der Waals surface area contributed by atoms with E-state index in [1.54, 1.807) is 13.0 Å². The molecular weight excluding hydrogens is 645 g/mol. The molecule has 1 unspecified atom stereocenters. The Hall–Kier alpha value is -4.26. The lowest BCUT2D eigenvalue weighted by Gasteiger charge is -2.24. The van der Waals surface area contributed by atoms with E-state index in [4.69, 9.17) is 10.9 Å². The number of nitrogens with zero attached hydrogens (tertiary/aromatic N) is 2. The van der Waals surface area contributed by atoms with Crippen LogP contribution in [-0.4, -0.2) is 61.4 Å². The van der Waals surface area contributed by atoms with Crippen LogP contribution in [0.5, 0.6) is 0 Å². The lowest BCUT2D eigenvalue weighted by molar-refractivity contribution is -0.137. The van der Waals surface area contributed by atoms with Crippen LogP contribution in [0.4, 0.5) is 13.2 Å². The standard InChI is InChI=1S/C26H44N8O2.C8H7F3.C3H8/c1-5-11-21-12-8-9-13-22(21)14-10-16-30-26(36)24(19-34(33-28)20(4)27)32-25(35)18-31-23(7-3)17-29-15-6-2;1-6-3-2-4-7(5-6)8(9,10)11;1-3-2/h7-9,12-13,24,27-29,31H,5-6,10-11,14-19H2,1-4H3,(H,30,36)(H,32,35);2-5H,1H3;3H2,1-2H3/b23-7-,27-20?,33-28?;;. The Morgan fingerprint density at radius 1 is 0.940 bits per heavy atom. The normalized spacial score (nSPS) is 11.5. The minimum atomic E-state index is -4.22. The fourth-order valence-corrected chi connectivity index (χ4v) is 4.48. The number of amides is 2. The van der Waals surface area contributed by atoms with Gasteiger partial charge in [-0.05, 0) is 70.2 Å². The van der Waals surface area contributed by atoms with E-state index in [1.807, 2.05) is 25.1 Å². The van der Waals surface area contributed by atoms with Gasteiger partial charge in [0.2, 0.25) is 11.8 Å². The lowest BCUT2D eigenvalue weighted by atomic mass is 9.99. The quantitative estimate of drug-likeness (QED) is 0.0316. The first-order valence-electron chi connectivity index (χ1n) is 17.3. The summed E-state index contributed by atoms with van der Waals surface area (Å²) in [4.78, 5) is 25.5. The Bertz CT molecular complexity index is 1320. The Labute approximate surface area is 297 Å². The number of carbonyl (C=O) groups is 2. The zero-order valence-corrected chi connectivity index (χ0v) is 30.9. The molecule has 0 heterocycles. The van der Waals surface area contributed by atoms with Crippen molar-refractivity contribution in [3.05, 3.63) is 82.6 Å². The van der Waals surface area contributed by atoms with Crippen molar-refractivity contribution < 1.29 is 22.8 Å². The summed E-state index contributed by atoms with van der Waals surface area (Å²) in [6.45, 7) is 15.4. The third-order valence-corrected chi connectivity index (χ3v) is 6.99. The molecule has 0 saturated heterocycles. The molecule has 0 bridgehead atoms. The van der Waals surface area contributed by atoms with Crippen LogP contribution in [0.1, 0.15) is 89.5 Å². The molecule has 0 aromatic heterocycles. The number of allylic oxidation sites excluding steroid dienone is 1. The van der Waals surface area contributed by atoms with Gasteiger partial charge in [-0.25, -0.2) is 5.01 Å². The number of nitrogens with one attached hydrogen (secondary N) is 6. The maximum atomic E-state index is 12.9. The number of rotatable bonds is 18. The van der Waals surface area contributed by atoms with Gasteiger partial charge in [-0.15, -0.1) is 0 Å². The number of amidine groups is 1. The Balaban J connectivity index is 0.00000142. The fraction of sp³-hybridized carbons (Fsp3) is 0.541. The van der Waals surface area contributed by atoms with Crippen molar-refractivity contribution in [2.45, 2.75) is 99.2 Å². The molecule has 2 aromatic carbocycles. The van der Waals surface area contributed by atoms with Gasteiger partial charge in [0.25, 0.3) is 0 Å². The van der Waals surface area contributed by atoms with E-state index in [2.05, 4.69) is 66.3 Å². The monoisotopic (exact) mass is 704 g/mol. The number of carbonyl (C=O) groups excluding carboxylic acids is 2. The molecule has 10 nitrogen and oxygen atoms in total. The van der Waals surface area contributed by atoms with E-state index >= 15 is 0 Å². The molecule has 280 valence electrons.